The summed E-state index contributed by atoms with van der Waals surface area (Å²) >= 11 is 1.83. The molecule has 0 atom stereocenters. The molecule has 0 saturated heterocycles. The highest BCUT2D eigenvalue weighted by Gasteiger charge is 2.24. The number of benzene rings is 8. The summed E-state index contributed by atoms with van der Waals surface area (Å²) in [5.41, 5.74) is 11.8. The van der Waals surface area contributed by atoms with Gasteiger partial charge in [0.2, 0.25) is 0 Å². The summed E-state index contributed by atoms with van der Waals surface area (Å²) in [7, 11) is 0. The fourth-order valence-electron chi connectivity index (χ4n) is 8.64. The molecule has 8 aromatic carbocycles. The standard InChI is InChI=1S/C50H33F2N3S/c1-30-6-3-8-37(26-30)53(35-17-13-33(51)14-18-35)39-21-24-41-32(28-39)12-23-43-42-10-5-11-45-48(42)55(47(41)43)49-44-25-22-40(29-46(44)56-50(45)49)54(36-19-15-34(52)16-20-36)38-9-4-7-31(2)27-38/h3-29H,1-2H3. The van der Waals surface area contributed by atoms with Gasteiger partial charge in [0.25, 0.3) is 0 Å². The minimum absolute atomic E-state index is 0.257. The molecule has 268 valence electrons. The van der Waals surface area contributed by atoms with Crippen LogP contribution in [-0.2, 0) is 0 Å². The Morgan fingerprint density at radius 3 is 1.52 bits per heavy atom. The molecule has 0 spiro atoms. The fourth-order valence-corrected chi connectivity index (χ4v) is 9.89. The van der Waals surface area contributed by atoms with E-state index in [1.807, 2.05) is 35.6 Å². The van der Waals surface area contributed by atoms with Crippen LogP contribution in [0.2, 0.25) is 0 Å². The topological polar surface area (TPSA) is 10.9 Å². The second-order valence-electron chi connectivity index (χ2n) is 14.7. The van der Waals surface area contributed by atoms with Gasteiger partial charge in [-0.15, -0.1) is 11.3 Å². The van der Waals surface area contributed by atoms with Crippen LogP contribution < -0.4 is 9.80 Å². The maximum Gasteiger partial charge on any atom is 0.123 e. The molecule has 0 aliphatic rings. The Labute approximate surface area is 325 Å². The third kappa shape index (κ3) is 4.99. The molecule has 6 heteroatoms. The molecule has 11 rings (SSSR count). The van der Waals surface area contributed by atoms with E-state index >= 15 is 0 Å². The summed E-state index contributed by atoms with van der Waals surface area (Å²) in [5, 5.41) is 7.20. The van der Waals surface area contributed by atoms with Crippen LogP contribution >= 0.6 is 11.3 Å². The molecule has 0 N–H and O–H groups in total. The lowest BCUT2D eigenvalue weighted by molar-refractivity contribution is 0.627. The van der Waals surface area contributed by atoms with Crippen molar-refractivity contribution in [3.8, 4) is 0 Å². The van der Waals surface area contributed by atoms with Crippen molar-refractivity contribution in [2.45, 2.75) is 13.8 Å². The van der Waals surface area contributed by atoms with Crippen molar-refractivity contribution in [3.05, 3.63) is 187 Å². The third-order valence-electron chi connectivity index (χ3n) is 11.1. The zero-order valence-corrected chi connectivity index (χ0v) is 31.4. The molecule has 56 heavy (non-hydrogen) atoms. The molecule has 3 aromatic heterocycles. The van der Waals surface area contributed by atoms with Crippen molar-refractivity contribution in [2.24, 2.45) is 0 Å². The van der Waals surface area contributed by atoms with Gasteiger partial charge in [0.05, 0.1) is 21.3 Å². The van der Waals surface area contributed by atoms with Crippen molar-refractivity contribution in [3.63, 3.8) is 0 Å². The second-order valence-corrected chi connectivity index (χ2v) is 15.7. The highest BCUT2D eigenvalue weighted by molar-refractivity contribution is 7.26. The van der Waals surface area contributed by atoms with Gasteiger partial charge in [-0.25, -0.2) is 8.78 Å². The summed E-state index contributed by atoms with van der Waals surface area (Å²) in [6, 6.07) is 54.8. The average Bonchev–Trinajstić information content (AvgIpc) is 3.85. The van der Waals surface area contributed by atoms with E-state index in [-0.39, 0.29) is 11.6 Å². The van der Waals surface area contributed by atoms with Gasteiger partial charge in [0, 0.05) is 65.8 Å². The summed E-state index contributed by atoms with van der Waals surface area (Å²) < 4.78 is 33.2. The number of anilines is 6. The van der Waals surface area contributed by atoms with Gasteiger partial charge >= 0.3 is 0 Å². The molecule has 0 bridgehead atoms. The Morgan fingerprint density at radius 1 is 0.411 bits per heavy atom. The van der Waals surface area contributed by atoms with E-state index in [1.54, 1.807) is 0 Å². The van der Waals surface area contributed by atoms with Gasteiger partial charge in [-0.05, 0) is 133 Å². The molecule has 0 saturated carbocycles. The van der Waals surface area contributed by atoms with Crippen LogP contribution in [0.3, 0.4) is 0 Å². The lowest BCUT2D eigenvalue weighted by Crippen LogP contribution is -2.10. The number of aromatic nitrogens is 1. The molecule has 0 fully saturated rings. The molecule has 0 radical (unpaired) electrons. The normalized spacial score (nSPS) is 11.9. The summed E-state index contributed by atoms with van der Waals surface area (Å²) in [6.45, 7) is 4.18. The Kier molecular flexibility index (Phi) is 7.22. The number of aryl methyl sites for hydroxylation is 2. The van der Waals surface area contributed by atoms with Crippen LogP contribution in [0.15, 0.2) is 164 Å². The molecule has 0 unspecified atom stereocenters. The Morgan fingerprint density at radius 2 is 0.893 bits per heavy atom. The molecule has 3 heterocycles. The lowest BCUT2D eigenvalue weighted by Gasteiger charge is -2.26. The largest absolute Gasteiger partial charge is 0.310 e. The highest BCUT2D eigenvalue weighted by atomic mass is 32.1. The Bertz CT molecular complexity index is 3310. The smallest absolute Gasteiger partial charge is 0.123 e. The number of para-hydroxylation sites is 1. The van der Waals surface area contributed by atoms with Gasteiger partial charge in [-0.2, -0.15) is 0 Å². The summed E-state index contributed by atoms with van der Waals surface area (Å²) in [4.78, 5) is 4.39. The Hall–Kier alpha value is -6.76. The maximum atomic E-state index is 14.1. The SMILES string of the molecule is Cc1cccc(N(c2ccc(F)cc2)c2ccc3c(ccc4c5cccc6c7sc8cc(N(c9ccc(F)cc9)c9cccc(C)c9)ccc8c7n(c34)c56)c2)c1. The fraction of sp³-hybridized carbons (Fsp3) is 0.0400. The number of thiophene rings is 1. The predicted octanol–water partition coefficient (Wildman–Crippen LogP) is 15.0. The third-order valence-corrected chi connectivity index (χ3v) is 12.2. The number of fused-ring (bicyclic) bond motifs is 10. The van der Waals surface area contributed by atoms with E-state index in [1.165, 1.54) is 77.1 Å². The molecule has 0 amide bonds. The number of halogens is 2. The van der Waals surface area contributed by atoms with Crippen LogP contribution in [0.25, 0.3) is 58.3 Å². The summed E-state index contributed by atoms with van der Waals surface area (Å²) in [6.07, 6.45) is 0. The van der Waals surface area contributed by atoms with E-state index in [4.69, 9.17) is 0 Å². The molecule has 0 aliphatic carbocycles. The minimum atomic E-state index is -0.260. The average molecular weight is 746 g/mol. The number of rotatable bonds is 6. The first kappa shape index (κ1) is 32.7. The number of hydrogen-bond acceptors (Lipinski definition) is 3. The van der Waals surface area contributed by atoms with Crippen LogP contribution in [0.4, 0.5) is 42.9 Å². The molecule has 3 nitrogen and oxygen atoms in total. The van der Waals surface area contributed by atoms with Crippen molar-refractivity contribution in [2.75, 3.05) is 9.80 Å². The monoisotopic (exact) mass is 745 g/mol. The van der Waals surface area contributed by atoms with Gasteiger partial charge < -0.3 is 14.2 Å². The predicted molar refractivity (Wildman–Crippen MR) is 233 cm³/mol. The van der Waals surface area contributed by atoms with Gasteiger partial charge in [0.15, 0.2) is 0 Å². The minimum Gasteiger partial charge on any atom is -0.310 e. The molecule has 11 aromatic rings. The van der Waals surface area contributed by atoms with E-state index < -0.39 is 0 Å². The van der Waals surface area contributed by atoms with Gasteiger partial charge in [-0.1, -0.05) is 60.7 Å². The van der Waals surface area contributed by atoms with Crippen molar-refractivity contribution < 1.29 is 8.78 Å². The zero-order chi connectivity index (χ0) is 37.7. The van der Waals surface area contributed by atoms with Crippen LogP contribution in [0, 0.1) is 25.5 Å². The summed E-state index contributed by atoms with van der Waals surface area (Å²) in [5.74, 6) is -0.517. The zero-order valence-electron chi connectivity index (χ0n) is 30.6. The van der Waals surface area contributed by atoms with Gasteiger partial charge in [-0.3, -0.25) is 0 Å². The van der Waals surface area contributed by atoms with Crippen LogP contribution in [-0.4, -0.2) is 4.40 Å². The first-order valence-electron chi connectivity index (χ1n) is 18.7. The van der Waals surface area contributed by atoms with Gasteiger partial charge in [0.1, 0.15) is 11.6 Å². The van der Waals surface area contributed by atoms with E-state index in [0.29, 0.717) is 0 Å². The van der Waals surface area contributed by atoms with Crippen molar-refractivity contribution in [1.29, 1.82) is 0 Å². The second kappa shape index (κ2) is 12.4. The molecular weight excluding hydrogens is 713 g/mol. The molecular formula is C50H33F2N3S. The lowest BCUT2D eigenvalue weighted by atomic mass is 10.0. The highest BCUT2D eigenvalue weighted by Crippen LogP contribution is 2.49. The van der Waals surface area contributed by atoms with Crippen molar-refractivity contribution in [1.82, 2.24) is 4.40 Å². The van der Waals surface area contributed by atoms with E-state index in [2.05, 4.69) is 143 Å². The quantitative estimate of drug-likeness (QED) is 0.168. The molecule has 0 aliphatic heterocycles. The van der Waals surface area contributed by atoms with Crippen molar-refractivity contribution >= 4 is 104 Å². The van der Waals surface area contributed by atoms with E-state index in [0.717, 1.165) is 50.6 Å². The maximum absolute atomic E-state index is 14.1. The first-order chi connectivity index (χ1) is 27.4. The Balaban J connectivity index is 1.13. The number of nitrogens with zero attached hydrogens (tertiary/aromatic N) is 3. The number of hydrogen-bond donors (Lipinski definition) is 0. The first-order valence-corrected chi connectivity index (χ1v) is 19.5. The van der Waals surface area contributed by atoms with E-state index in [9.17, 15) is 8.78 Å². The van der Waals surface area contributed by atoms with Crippen LogP contribution in [0.1, 0.15) is 11.1 Å². The van der Waals surface area contributed by atoms with Crippen LogP contribution in [0.5, 0.6) is 0 Å².